The highest BCUT2D eigenvalue weighted by molar-refractivity contribution is 7.99. The predicted octanol–water partition coefficient (Wildman–Crippen LogP) is 1.90. The molecule has 2 rings (SSSR count). The topological polar surface area (TPSA) is 60.1 Å². The predicted molar refractivity (Wildman–Crippen MR) is 69.2 cm³/mol. The van der Waals surface area contributed by atoms with Crippen LogP contribution < -0.4 is 5.32 Å². The van der Waals surface area contributed by atoms with Crippen molar-refractivity contribution < 1.29 is 9.21 Å². The number of rotatable bonds is 6. The summed E-state index contributed by atoms with van der Waals surface area (Å²) < 4.78 is 7.14. The number of hydrogen-bond donors (Lipinski definition) is 1. The first kappa shape index (κ1) is 12.8. The van der Waals surface area contributed by atoms with Gasteiger partial charge in [-0.2, -0.15) is 0 Å². The summed E-state index contributed by atoms with van der Waals surface area (Å²) in [6.45, 7) is 3.33. The Hall–Kier alpha value is -1.69. The normalized spacial score (nSPS) is 10.5. The number of aromatic nitrogens is 2. The van der Waals surface area contributed by atoms with Gasteiger partial charge in [0.1, 0.15) is 5.76 Å². The Morgan fingerprint density at radius 2 is 2.50 bits per heavy atom. The van der Waals surface area contributed by atoms with Gasteiger partial charge in [-0.15, -0.1) is 0 Å². The second kappa shape index (κ2) is 6.30. The van der Waals surface area contributed by atoms with E-state index >= 15 is 0 Å². The number of amides is 1. The van der Waals surface area contributed by atoms with Gasteiger partial charge in [0.15, 0.2) is 5.16 Å². The van der Waals surface area contributed by atoms with Crippen molar-refractivity contribution in [3.8, 4) is 0 Å². The highest BCUT2D eigenvalue weighted by Gasteiger charge is 2.07. The summed E-state index contributed by atoms with van der Waals surface area (Å²) in [5.41, 5.74) is 0. The van der Waals surface area contributed by atoms with Crippen LogP contribution in [-0.2, 0) is 17.9 Å². The molecule has 0 saturated carbocycles. The Labute approximate surface area is 110 Å². The van der Waals surface area contributed by atoms with Crippen molar-refractivity contribution in [3.63, 3.8) is 0 Å². The number of thioether (sulfide) groups is 1. The molecule has 0 radical (unpaired) electrons. The molecule has 0 aliphatic carbocycles. The highest BCUT2D eigenvalue weighted by atomic mass is 32.2. The Morgan fingerprint density at radius 3 is 3.22 bits per heavy atom. The van der Waals surface area contributed by atoms with Gasteiger partial charge in [0.25, 0.3) is 0 Å². The van der Waals surface area contributed by atoms with Crippen LogP contribution in [0.5, 0.6) is 0 Å². The largest absolute Gasteiger partial charge is 0.467 e. The van der Waals surface area contributed by atoms with Crippen molar-refractivity contribution in [1.82, 2.24) is 14.9 Å². The lowest BCUT2D eigenvalue weighted by Crippen LogP contribution is -2.24. The molecule has 2 heterocycles. The van der Waals surface area contributed by atoms with Crippen LogP contribution in [0.4, 0.5) is 0 Å². The molecule has 0 aromatic carbocycles. The lowest BCUT2D eigenvalue weighted by atomic mass is 10.4. The maximum atomic E-state index is 11.6. The van der Waals surface area contributed by atoms with E-state index in [1.807, 2.05) is 23.8 Å². The molecule has 1 amide bonds. The number of nitrogens with one attached hydrogen (secondary N) is 1. The number of carbonyl (C=O) groups excluding carboxylic acids is 1. The fourth-order valence-corrected chi connectivity index (χ4v) is 2.31. The summed E-state index contributed by atoms with van der Waals surface area (Å²) in [4.78, 5) is 15.8. The quantitative estimate of drug-likeness (QED) is 0.810. The average Bonchev–Trinajstić information content (AvgIpc) is 3.04. The first-order chi connectivity index (χ1) is 8.79. The van der Waals surface area contributed by atoms with Gasteiger partial charge in [-0.05, 0) is 19.1 Å². The Morgan fingerprint density at radius 1 is 1.61 bits per heavy atom. The van der Waals surface area contributed by atoms with Gasteiger partial charge in [0, 0.05) is 18.9 Å². The molecule has 0 bridgehead atoms. The number of aryl methyl sites for hydroxylation is 1. The van der Waals surface area contributed by atoms with Gasteiger partial charge in [0.2, 0.25) is 5.91 Å². The third-order valence-electron chi connectivity index (χ3n) is 2.39. The lowest BCUT2D eigenvalue weighted by molar-refractivity contribution is -0.118. The maximum Gasteiger partial charge on any atom is 0.230 e. The van der Waals surface area contributed by atoms with E-state index in [2.05, 4.69) is 10.3 Å². The van der Waals surface area contributed by atoms with Crippen LogP contribution in [0, 0.1) is 0 Å². The van der Waals surface area contributed by atoms with E-state index < -0.39 is 0 Å². The molecule has 0 atom stereocenters. The van der Waals surface area contributed by atoms with Crippen molar-refractivity contribution in [2.24, 2.45) is 0 Å². The second-order valence-electron chi connectivity index (χ2n) is 3.64. The SMILES string of the molecule is CCn1ccnc1SCC(=O)NCc1ccco1. The van der Waals surface area contributed by atoms with E-state index in [1.54, 1.807) is 18.5 Å². The van der Waals surface area contributed by atoms with Gasteiger partial charge >= 0.3 is 0 Å². The van der Waals surface area contributed by atoms with Gasteiger partial charge in [-0.1, -0.05) is 11.8 Å². The zero-order valence-electron chi connectivity index (χ0n) is 10.1. The van der Waals surface area contributed by atoms with E-state index in [-0.39, 0.29) is 5.91 Å². The van der Waals surface area contributed by atoms with E-state index in [0.29, 0.717) is 12.3 Å². The minimum atomic E-state index is -0.0259. The molecule has 1 N–H and O–H groups in total. The summed E-state index contributed by atoms with van der Waals surface area (Å²) in [6.07, 6.45) is 5.24. The Bertz CT molecular complexity index is 493. The van der Waals surface area contributed by atoms with Crippen LogP contribution in [0.15, 0.2) is 40.4 Å². The van der Waals surface area contributed by atoms with Gasteiger partial charge in [0.05, 0.1) is 18.6 Å². The average molecular weight is 265 g/mol. The first-order valence-corrected chi connectivity index (χ1v) is 6.71. The number of nitrogens with zero attached hydrogens (tertiary/aromatic N) is 2. The van der Waals surface area contributed by atoms with Crippen LogP contribution in [0.2, 0.25) is 0 Å². The second-order valence-corrected chi connectivity index (χ2v) is 4.58. The fraction of sp³-hybridized carbons (Fsp3) is 0.333. The van der Waals surface area contributed by atoms with E-state index in [1.165, 1.54) is 11.8 Å². The molecular weight excluding hydrogens is 250 g/mol. The number of hydrogen-bond acceptors (Lipinski definition) is 4. The number of furan rings is 1. The van der Waals surface area contributed by atoms with Crippen molar-refractivity contribution in [3.05, 3.63) is 36.5 Å². The zero-order chi connectivity index (χ0) is 12.8. The van der Waals surface area contributed by atoms with Crippen molar-refractivity contribution in [1.29, 1.82) is 0 Å². The minimum Gasteiger partial charge on any atom is -0.467 e. The van der Waals surface area contributed by atoms with Crippen molar-refractivity contribution in [2.45, 2.75) is 25.2 Å². The summed E-state index contributed by atoms with van der Waals surface area (Å²) in [6, 6.07) is 3.63. The molecule has 0 aliphatic heterocycles. The van der Waals surface area contributed by atoms with Gasteiger partial charge in [-0.3, -0.25) is 4.79 Å². The molecular formula is C12H15N3O2S. The third-order valence-corrected chi connectivity index (χ3v) is 3.39. The van der Waals surface area contributed by atoms with Crippen LogP contribution in [0.3, 0.4) is 0 Å². The zero-order valence-corrected chi connectivity index (χ0v) is 10.9. The molecule has 0 spiro atoms. The summed E-state index contributed by atoms with van der Waals surface area (Å²) in [5, 5.41) is 3.66. The molecule has 96 valence electrons. The van der Waals surface area contributed by atoms with Crippen LogP contribution in [0.1, 0.15) is 12.7 Å². The third kappa shape index (κ3) is 3.40. The minimum absolute atomic E-state index is 0.0259. The first-order valence-electron chi connectivity index (χ1n) is 5.72. The molecule has 0 fully saturated rings. The molecule has 2 aromatic heterocycles. The summed E-state index contributed by atoms with van der Waals surface area (Å²) in [5.74, 6) is 1.09. The maximum absolute atomic E-state index is 11.6. The van der Waals surface area contributed by atoms with Crippen LogP contribution >= 0.6 is 11.8 Å². The number of imidazole rings is 1. The van der Waals surface area contributed by atoms with Gasteiger partial charge < -0.3 is 14.3 Å². The lowest BCUT2D eigenvalue weighted by Gasteiger charge is -2.04. The van der Waals surface area contributed by atoms with E-state index in [0.717, 1.165) is 17.5 Å². The number of carbonyl (C=O) groups is 1. The Balaban J connectivity index is 1.75. The van der Waals surface area contributed by atoms with E-state index in [9.17, 15) is 4.79 Å². The van der Waals surface area contributed by atoms with Crippen molar-refractivity contribution >= 4 is 17.7 Å². The summed E-state index contributed by atoms with van der Waals surface area (Å²) >= 11 is 1.43. The Kier molecular flexibility index (Phi) is 4.46. The smallest absolute Gasteiger partial charge is 0.230 e. The standard InChI is InChI=1S/C12H15N3O2S/c1-2-15-6-5-13-12(15)18-9-11(16)14-8-10-4-3-7-17-10/h3-7H,2,8-9H2,1H3,(H,14,16). The molecule has 18 heavy (non-hydrogen) atoms. The summed E-state index contributed by atoms with van der Waals surface area (Å²) in [7, 11) is 0. The molecule has 0 unspecified atom stereocenters. The van der Waals surface area contributed by atoms with Crippen molar-refractivity contribution in [2.75, 3.05) is 5.75 Å². The molecule has 0 saturated heterocycles. The molecule has 0 aliphatic rings. The monoisotopic (exact) mass is 265 g/mol. The molecule has 5 nitrogen and oxygen atoms in total. The fourth-order valence-electron chi connectivity index (χ4n) is 1.46. The van der Waals surface area contributed by atoms with Gasteiger partial charge in [-0.25, -0.2) is 4.98 Å². The van der Waals surface area contributed by atoms with Crippen LogP contribution in [-0.4, -0.2) is 21.2 Å². The van der Waals surface area contributed by atoms with E-state index in [4.69, 9.17) is 4.42 Å². The van der Waals surface area contributed by atoms with Crippen LogP contribution in [0.25, 0.3) is 0 Å². The molecule has 6 heteroatoms. The molecule has 2 aromatic rings. The highest BCUT2D eigenvalue weighted by Crippen LogP contribution is 2.15.